The maximum atomic E-state index is 12.5. The summed E-state index contributed by atoms with van der Waals surface area (Å²) in [6, 6.07) is 17.4. The van der Waals surface area contributed by atoms with Crippen molar-refractivity contribution in [1.82, 2.24) is 9.80 Å². The van der Waals surface area contributed by atoms with Gasteiger partial charge in [-0.1, -0.05) is 48.9 Å². The third kappa shape index (κ3) is 4.84. The minimum atomic E-state index is -0.239. The van der Waals surface area contributed by atoms with Crippen molar-refractivity contribution < 1.29 is 14.3 Å². The summed E-state index contributed by atoms with van der Waals surface area (Å²) in [6.07, 6.45) is 11.5. The molecule has 0 atom stereocenters. The lowest BCUT2D eigenvalue weighted by molar-refractivity contribution is -0.0337. The summed E-state index contributed by atoms with van der Waals surface area (Å²) in [6.45, 7) is 3.98. The summed E-state index contributed by atoms with van der Waals surface area (Å²) in [7, 11) is 0. The van der Waals surface area contributed by atoms with Crippen LogP contribution in [0.15, 0.2) is 54.6 Å². The topological polar surface area (TPSA) is 42.0 Å². The zero-order chi connectivity index (χ0) is 23.7. The molecule has 2 aromatic carbocycles. The number of aryl methyl sites for hydroxylation is 1. The van der Waals surface area contributed by atoms with Gasteiger partial charge in [-0.05, 0) is 79.3 Å². The molecular formula is C30H36N2O3. The molecule has 1 aliphatic carbocycles. The van der Waals surface area contributed by atoms with E-state index < -0.39 is 0 Å². The maximum Gasteiger partial charge on any atom is 0.410 e. The van der Waals surface area contributed by atoms with Crippen molar-refractivity contribution in [3.05, 3.63) is 71.3 Å². The number of benzene rings is 2. The Morgan fingerprint density at radius 1 is 1.00 bits per heavy atom. The number of amides is 1. The molecule has 2 aromatic rings. The van der Waals surface area contributed by atoms with Gasteiger partial charge >= 0.3 is 6.09 Å². The molecule has 1 saturated heterocycles. The van der Waals surface area contributed by atoms with Gasteiger partial charge in [0, 0.05) is 32.2 Å². The lowest BCUT2D eigenvalue weighted by atomic mass is 9.80. The average Bonchev–Trinajstić information content (AvgIpc) is 2.88. The summed E-state index contributed by atoms with van der Waals surface area (Å²) in [5.74, 6) is 1.08. The number of hydrogen-bond acceptors (Lipinski definition) is 4. The molecule has 0 radical (unpaired) electrons. The molecule has 0 N–H and O–H groups in total. The minimum Gasteiger partial charge on any atom is -0.487 e. The van der Waals surface area contributed by atoms with Gasteiger partial charge in [0.15, 0.2) is 0 Å². The summed E-state index contributed by atoms with van der Waals surface area (Å²) in [4.78, 5) is 17.0. The summed E-state index contributed by atoms with van der Waals surface area (Å²) in [5, 5.41) is 0. The van der Waals surface area contributed by atoms with Crippen LogP contribution in [0.25, 0.3) is 5.57 Å². The van der Waals surface area contributed by atoms with Crippen molar-refractivity contribution in [2.45, 2.75) is 69.6 Å². The Bertz CT molecular complexity index is 1080. The largest absolute Gasteiger partial charge is 0.487 e. The second-order valence-electron chi connectivity index (χ2n) is 10.7. The fourth-order valence-corrected chi connectivity index (χ4v) is 6.03. The minimum absolute atomic E-state index is 0.0412. The fraction of sp³-hybridized carbons (Fsp3) is 0.500. The van der Waals surface area contributed by atoms with Crippen LogP contribution in [0, 0.1) is 0 Å². The molecule has 0 aromatic heterocycles. The Morgan fingerprint density at radius 3 is 2.54 bits per heavy atom. The molecule has 1 spiro atoms. The van der Waals surface area contributed by atoms with Gasteiger partial charge in [-0.25, -0.2) is 4.79 Å². The van der Waals surface area contributed by atoms with Crippen molar-refractivity contribution in [2.24, 2.45) is 0 Å². The molecule has 4 aliphatic rings. The Morgan fingerprint density at radius 2 is 1.83 bits per heavy atom. The van der Waals surface area contributed by atoms with Gasteiger partial charge in [0.05, 0.1) is 0 Å². The standard InChI is InChI=1S/C30H36N2O3/c33-29(34-22-23-5-2-1-3-6-23)32-17-12-24(13-18-32)25-9-10-28-26(21-25)11-14-30(35-28)15-19-31(20-16-30)27-7-4-8-27/h1-3,5-6,9-10,12,21,27H,4,7-8,11,13-20,22H2. The summed E-state index contributed by atoms with van der Waals surface area (Å²) >= 11 is 0. The van der Waals surface area contributed by atoms with Crippen LogP contribution in [0.4, 0.5) is 4.79 Å². The first kappa shape index (κ1) is 22.7. The van der Waals surface area contributed by atoms with E-state index in [1.807, 2.05) is 30.3 Å². The van der Waals surface area contributed by atoms with Gasteiger partial charge in [0.25, 0.3) is 0 Å². The van der Waals surface area contributed by atoms with Crippen LogP contribution in [0.5, 0.6) is 5.75 Å². The predicted molar refractivity (Wildman–Crippen MR) is 137 cm³/mol. The molecule has 2 fully saturated rings. The Hall–Kier alpha value is -2.79. The smallest absolute Gasteiger partial charge is 0.410 e. The molecule has 1 saturated carbocycles. The SMILES string of the molecule is O=C(OCc1ccccc1)N1CC=C(c2ccc3c(c2)CCC2(CCN(C4CCC4)CC2)O3)CC1. The number of carbonyl (C=O) groups is 1. The predicted octanol–water partition coefficient (Wildman–Crippen LogP) is 5.82. The van der Waals surface area contributed by atoms with E-state index in [-0.39, 0.29) is 11.7 Å². The molecular weight excluding hydrogens is 436 g/mol. The second kappa shape index (κ2) is 9.69. The van der Waals surface area contributed by atoms with Gasteiger partial charge < -0.3 is 19.3 Å². The van der Waals surface area contributed by atoms with Gasteiger partial charge in [0.1, 0.15) is 18.0 Å². The van der Waals surface area contributed by atoms with Crippen LogP contribution in [-0.2, 0) is 17.8 Å². The van der Waals surface area contributed by atoms with E-state index in [0.29, 0.717) is 19.7 Å². The van der Waals surface area contributed by atoms with Gasteiger partial charge in [0.2, 0.25) is 0 Å². The van der Waals surface area contributed by atoms with E-state index >= 15 is 0 Å². The summed E-state index contributed by atoms with van der Waals surface area (Å²) in [5.41, 5.74) is 4.96. The monoisotopic (exact) mass is 472 g/mol. The number of ether oxygens (including phenoxy) is 2. The van der Waals surface area contributed by atoms with Crippen LogP contribution >= 0.6 is 0 Å². The van der Waals surface area contributed by atoms with E-state index in [4.69, 9.17) is 9.47 Å². The molecule has 5 heteroatoms. The maximum absolute atomic E-state index is 12.5. The molecule has 6 rings (SSSR count). The Labute approximate surface area is 208 Å². The normalized spacial score (nSPS) is 22.1. The zero-order valence-corrected chi connectivity index (χ0v) is 20.6. The van der Waals surface area contributed by atoms with Crippen LogP contribution in [0.2, 0.25) is 0 Å². The van der Waals surface area contributed by atoms with Crippen molar-refractivity contribution in [1.29, 1.82) is 0 Å². The highest BCUT2D eigenvalue weighted by molar-refractivity contribution is 5.73. The molecule has 35 heavy (non-hydrogen) atoms. The van der Waals surface area contributed by atoms with Crippen LogP contribution in [0.3, 0.4) is 0 Å². The second-order valence-corrected chi connectivity index (χ2v) is 10.7. The van der Waals surface area contributed by atoms with E-state index in [9.17, 15) is 4.79 Å². The first-order valence-corrected chi connectivity index (χ1v) is 13.4. The lowest BCUT2D eigenvalue weighted by Crippen LogP contribution is -2.53. The molecule has 0 bridgehead atoms. The van der Waals surface area contributed by atoms with Crippen LogP contribution in [-0.4, -0.2) is 53.7 Å². The third-order valence-corrected chi connectivity index (χ3v) is 8.58. The highest BCUT2D eigenvalue weighted by Crippen LogP contribution is 2.42. The number of nitrogens with zero attached hydrogens (tertiary/aromatic N) is 2. The molecule has 5 nitrogen and oxygen atoms in total. The van der Waals surface area contributed by atoms with Gasteiger partial charge in [-0.15, -0.1) is 0 Å². The van der Waals surface area contributed by atoms with E-state index in [1.54, 1.807) is 4.90 Å². The number of hydrogen-bond donors (Lipinski definition) is 0. The number of rotatable bonds is 4. The van der Waals surface area contributed by atoms with Crippen LogP contribution in [0.1, 0.15) is 61.6 Å². The first-order chi connectivity index (χ1) is 17.2. The number of piperidine rings is 1. The Balaban J connectivity index is 1.04. The quantitative estimate of drug-likeness (QED) is 0.562. The zero-order valence-electron chi connectivity index (χ0n) is 20.6. The van der Waals surface area contributed by atoms with Crippen molar-refractivity contribution in [2.75, 3.05) is 26.2 Å². The highest BCUT2D eigenvalue weighted by atomic mass is 16.6. The summed E-state index contributed by atoms with van der Waals surface area (Å²) < 4.78 is 12.2. The molecule has 0 unspecified atom stereocenters. The number of likely N-dealkylation sites (tertiary alicyclic amines) is 1. The van der Waals surface area contributed by atoms with Crippen molar-refractivity contribution in [3.8, 4) is 5.75 Å². The van der Waals surface area contributed by atoms with E-state index in [2.05, 4.69) is 29.2 Å². The van der Waals surface area contributed by atoms with Crippen LogP contribution < -0.4 is 4.74 Å². The lowest BCUT2D eigenvalue weighted by Gasteiger charge is -2.48. The number of fused-ring (bicyclic) bond motifs is 1. The molecule has 3 aliphatic heterocycles. The Kier molecular flexibility index (Phi) is 6.28. The molecule has 184 valence electrons. The van der Waals surface area contributed by atoms with Gasteiger partial charge in [-0.2, -0.15) is 0 Å². The molecule has 1 amide bonds. The highest BCUT2D eigenvalue weighted by Gasteiger charge is 2.41. The van der Waals surface area contributed by atoms with E-state index in [1.165, 1.54) is 49.1 Å². The first-order valence-electron chi connectivity index (χ1n) is 13.4. The fourth-order valence-electron chi connectivity index (χ4n) is 6.03. The average molecular weight is 473 g/mol. The van der Waals surface area contributed by atoms with Gasteiger partial charge in [-0.3, -0.25) is 0 Å². The van der Waals surface area contributed by atoms with Crippen molar-refractivity contribution >= 4 is 11.7 Å². The van der Waals surface area contributed by atoms with Crippen molar-refractivity contribution in [3.63, 3.8) is 0 Å². The third-order valence-electron chi connectivity index (χ3n) is 8.58. The molecule has 3 heterocycles. The van der Waals surface area contributed by atoms with E-state index in [0.717, 1.165) is 49.5 Å². The number of carbonyl (C=O) groups excluding carboxylic acids is 1.